The molecule has 0 bridgehead atoms. The number of carbonyl (C=O) groups excluding carboxylic acids is 1. The number of aromatic amines is 1. The molecule has 5 heteroatoms. The third-order valence-electron chi connectivity index (χ3n) is 2.43. The third-order valence-corrected chi connectivity index (χ3v) is 2.43. The summed E-state index contributed by atoms with van der Waals surface area (Å²) in [6, 6.07) is 1.55. The fraction of sp³-hybridized carbons (Fsp3) is 0.462. The van der Waals surface area contributed by atoms with Gasteiger partial charge in [-0.05, 0) is 13.3 Å². The minimum atomic E-state index is -0.701. The number of aromatic nitrogens is 1. The first-order valence-corrected chi connectivity index (χ1v) is 6.09. The van der Waals surface area contributed by atoms with Gasteiger partial charge in [0.25, 0.3) is 0 Å². The molecule has 0 aliphatic carbocycles. The zero-order chi connectivity index (χ0) is 13.7. The van der Waals surface area contributed by atoms with Crippen molar-refractivity contribution in [3.05, 3.63) is 23.8 Å². The quantitative estimate of drug-likeness (QED) is 0.847. The Labute approximate surface area is 105 Å². The van der Waals surface area contributed by atoms with Crippen LogP contribution in [-0.4, -0.2) is 17.1 Å². The largest absolute Gasteiger partial charge is 0.460 e. The van der Waals surface area contributed by atoms with Gasteiger partial charge < -0.3 is 14.1 Å². The lowest BCUT2D eigenvalue weighted by Gasteiger charge is -2.09. The molecule has 0 aliphatic heterocycles. The second kappa shape index (κ2) is 6.23. The maximum atomic E-state index is 13.6. The van der Waals surface area contributed by atoms with Crippen LogP contribution >= 0.6 is 0 Å². The first-order valence-electron chi connectivity index (χ1n) is 6.09. The lowest BCUT2D eigenvalue weighted by molar-refractivity contribution is 0.0323. The Kier molecular flexibility index (Phi) is 4.95. The molecule has 1 unspecified atom stereocenters. The lowest BCUT2D eigenvalue weighted by atomic mass is 10.3. The molecule has 0 spiro atoms. The SMILES string of the molecule is CC.CCC(C)OC(=O)c1[nH]c2ccoc2c1F. The Morgan fingerprint density at radius 3 is 2.78 bits per heavy atom. The van der Waals surface area contributed by atoms with Crippen molar-refractivity contribution in [3.8, 4) is 0 Å². The number of halogens is 1. The highest BCUT2D eigenvalue weighted by Gasteiger charge is 2.22. The van der Waals surface area contributed by atoms with Crippen molar-refractivity contribution in [2.75, 3.05) is 0 Å². The summed E-state index contributed by atoms with van der Waals surface area (Å²) < 4.78 is 23.6. The third kappa shape index (κ3) is 2.72. The predicted molar refractivity (Wildman–Crippen MR) is 67.0 cm³/mol. The Hall–Kier alpha value is -1.78. The second-order valence-corrected chi connectivity index (χ2v) is 3.60. The number of esters is 1. The monoisotopic (exact) mass is 255 g/mol. The summed E-state index contributed by atoms with van der Waals surface area (Å²) in [6.45, 7) is 7.64. The van der Waals surface area contributed by atoms with Crippen molar-refractivity contribution < 1.29 is 18.3 Å². The van der Waals surface area contributed by atoms with Crippen LogP contribution in [0.2, 0.25) is 0 Å². The predicted octanol–water partition coefficient (Wildman–Crippen LogP) is 3.88. The van der Waals surface area contributed by atoms with Crippen molar-refractivity contribution in [2.24, 2.45) is 0 Å². The molecule has 2 aromatic rings. The molecule has 0 aliphatic rings. The summed E-state index contributed by atoms with van der Waals surface area (Å²) in [5.41, 5.74) is 0.319. The van der Waals surface area contributed by atoms with Gasteiger partial charge in [-0.25, -0.2) is 9.18 Å². The van der Waals surface area contributed by atoms with Gasteiger partial charge in [0.1, 0.15) is 0 Å². The summed E-state index contributed by atoms with van der Waals surface area (Å²) in [7, 11) is 0. The number of H-pyrrole nitrogens is 1. The van der Waals surface area contributed by atoms with Crippen LogP contribution in [0.15, 0.2) is 16.7 Å². The van der Waals surface area contributed by atoms with E-state index in [1.807, 2.05) is 20.8 Å². The smallest absolute Gasteiger partial charge is 0.358 e. The number of rotatable bonds is 3. The van der Waals surface area contributed by atoms with Crippen LogP contribution in [0.25, 0.3) is 11.1 Å². The van der Waals surface area contributed by atoms with E-state index in [4.69, 9.17) is 9.15 Å². The molecule has 0 amide bonds. The Bertz CT molecular complexity index is 515. The van der Waals surface area contributed by atoms with Gasteiger partial charge in [-0.2, -0.15) is 0 Å². The Morgan fingerprint density at radius 1 is 1.56 bits per heavy atom. The van der Waals surface area contributed by atoms with Gasteiger partial charge in [-0.15, -0.1) is 0 Å². The van der Waals surface area contributed by atoms with E-state index in [0.717, 1.165) is 0 Å². The number of furan rings is 1. The number of hydrogen-bond donors (Lipinski definition) is 1. The number of nitrogens with one attached hydrogen (secondary N) is 1. The summed E-state index contributed by atoms with van der Waals surface area (Å²) >= 11 is 0. The van der Waals surface area contributed by atoms with Crippen molar-refractivity contribution in [2.45, 2.75) is 40.2 Å². The highest BCUT2D eigenvalue weighted by atomic mass is 19.1. The highest BCUT2D eigenvalue weighted by molar-refractivity contribution is 5.93. The molecular formula is C13H18FNO3. The molecule has 0 aromatic carbocycles. The van der Waals surface area contributed by atoms with Crippen LogP contribution in [0, 0.1) is 5.82 Å². The second-order valence-electron chi connectivity index (χ2n) is 3.60. The van der Waals surface area contributed by atoms with Gasteiger partial charge in [0, 0.05) is 6.07 Å². The summed E-state index contributed by atoms with van der Waals surface area (Å²) in [5.74, 6) is -1.40. The first-order chi connectivity index (χ1) is 8.63. The minimum absolute atomic E-state index is 0.0519. The van der Waals surface area contributed by atoms with E-state index in [-0.39, 0.29) is 17.4 Å². The summed E-state index contributed by atoms with van der Waals surface area (Å²) in [6.07, 6.45) is 1.81. The molecule has 1 atom stereocenters. The van der Waals surface area contributed by atoms with E-state index in [1.54, 1.807) is 13.0 Å². The van der Waals surface area contributed by atoms with Crippen molar-refractivity contribution in [1.29, 1.82) is 0 Å². The van der Waals surface area contributed by atoms with E-state index in [2.05, 4.69) is 4.98 Å². The van der Waals surface area contributed by atoms with E-state index in [0.29, 0.717) is 11.9 Å². The first kappa shape index (κ1) is 14.3. The summed E-state index contributed by atoms with van der Waals surface area (Å²) in [4.78, 5) is 14.2. The van der Waals surface area contributed by atoms with Gasteiger partial charge in [0.05, 0.1) is 17.9 Å². The molecule has 100 valence electrons. The molecule has 0 saturated carbocycles. The molecule has 2 heterocycles. The van der Waals surface area contributed by atoms with E-state index in [9.17, 15) is 9.18 Å². The molecular weight excluding hydrogens is 237 g/mol. The summed E-state index contributed by atoms with van der Waals surface area (Å²) in [5, 5.41) is 0. The lowest BCUT2D eigenvalue weighted by Crippen LogP contribution is -2.15. The highest BCUT2D eigenvalue weighted by Crippen LogP contribution is 2.22. The average molecular weight is 255 g/mol. The van der Waals surface area contributed by atoms with Crippen LogP contribution in [-0.2, 0) is 4.74 Å². The van der Waals surface area contributed by atoms with Gasteiger partial charge in [-0.1, -0.05) is 20.8 Å². The average Bonchev–Trinajstić information content (AvgIpc) is 2.95. The molecule has 0 radical (unpaired) electrons. The van der Waals surface area contributed by atoms with Gasteiger partial charge in [0.2, 0.25) is 0 Å². The number of hydrogen-bond acceptors (Lipinski definition) is 3. The zero-order valence-corrected chi connectivity index (χ0v) is 11.0. The van der Waals surface area contributed by atoms with Gasteiger partial charge >= 0.3 is 5.97 Å². The van der Waals surface area contributed by atoms with Crippen LogP contribution < -0.4 is 0 Å². The van der Waals surface area contributed by atoms with Gasteiger partial charge in [-0.3, -0.25) is 0 Å². The molecule has 2 aromatic heterocycles. The van der Waals surface area contributed by atoms with Crippen molar-refractivity contribution in [3.63, 3.8) is 0 Å². The van der Waals surface area contributed by atoms with Crippen LogP contribution in [0.4, 0.5) is 4.39 Å². The van der Waals surface area contributed by atoms with E-state index >= 15 is 0 Å². The standard InChI is InChI=1S/C11H12FNO3.C2H6/c1-3-6(2)16-11(14)9-8(12)10-7(13-9)4-5-15-10;1-2/h4-6,13H,3H2,1-2H3;1-2H3. The molecule has 0 fully saturated rings. The number of ether oxygens (including phenoxy) is 1. The molecule has 4 nitrogen and oxygen atoms in total. The maximum Gasteiger partial charge on any atom is 0.358 e. The Balaban J connectivity index is 0.000000771. The zero-order valence-electron chi connectivity index (χ0n) is 11.0. The van der Waals surface area contributed by atoms with Crippen LogP contribution in [0.3, 0.4) is 0 Å². The number of fused-ring (bicyclic) bond motifs is 1. The van der Waals surface area contributed by atoms with Gasteiger partial charge in [0.15, 0.2) is 17.1 Å². The van der Waals surface area contributed by atoms with E-state index in [1.165, 1.54) is 6.26 Å². The fourth-order valence-electron chi connectivity index (χ4n) is 1.35. The van der Waals surface area contributed by atoms with Crippen molar-refractivity contribution >= 4 is 17.1 Å². The molecule has 0 saturated heterocycles. The maximum absolute atomic E-state index is 13.6. The van der Waals surface area contributed by atoms with E-state index < -0.39 is 11.8 Å². The molecule has 2 rings (SSSR count). The van der Waals surface area contributed by atoms with Crippen LogP contribution in [0.5, 0.6) is 0 Å². The van der Waals surface area contributed by atoms with Crippen LogP contribution in [0.1, 0.15) is 44.6 Å². The fourth-order valence-corrected chi connectivity index (χ4v) is 1.35. The normalized spacial score (nSPS) is 11.8. The minimum Gasteiger partial charge on any atom is -0.460 e. The molecule has 18 heavy (non-hydrogen) atoms. The topological polar surface area (TPSA) is 55.2 Å². The van der Waals surface area contributed by atoms with Crippen molar-refractivity contribution in [1.82, 2.24) is 4.98 Å². The number of carbonyl (C=O) groups is 1. The molecule has 1 N–H and O–H groups in total. The Morgan fingerprint density at radius 2 is 2.22 bits per heavy atom.